The van der Waals surface area contributed by atoms with Crippen LogP contribution >= 0.6 is 0 Å². The van der Waals surface area contributed by atoms with Crippen molar-refractivity contribution in [2.45, 2.75) is 78.0 Å². The van der Waals surface area contributed by atoms with Crippen LogP contribution in [-0.4, -0.2) is 26.4 Å². The number of carbonyl (C=O) groups excluding carboxylic acids is 1. The van der Waals surface area contributed by atoms with Crippen molar-refractivity contribution in [3.05, 3.63) is 71.8 Å². The largest absolute Gasteiger partial charge is 0.412 e. The first-order valence-corrected chi connectivity index (χ1v) is 14.2. The number of benzene rings is 2. The fourth-order valence-electron chi connectivity index (χ4n) is 3.18. The highest BCUT2D eigenvalue weighted by Crippen LogP contribution is 2.38. The van der Waals surface area contributed by atoms with E-state index in [9.17, 15) is 4.79 Å². The summed E-state index contributed by atoms with van der Waals surface area (Å²) in [5, 5.41) is 6.72. The lowest BCUT2D eigenvalue weighted by atomic mass is 9.98. The van der Waals surface area contributed by atoms with Crippen molar-refractivity contribution in [2.75, 3.05) is 0 Å². The van der Waals surface area contributed by atoms with Gasteiger partial charge in [-0.15, -0.1) is 0 Å². The highest BCUT2D eigenvalue weighted by Gasteiger charge is 2.43. The van der Waals surface area contributed by atoms with E-state index in [2.05, 4.69) is 70.5 Å². The minimum atomic E-state index is -2.05. The van der Waals surface area contributed by atoms with E-state index >= 15 is 0 Å². The first-order valence-electron chi connectivity index (χ1n) is 11.3. The third-order valence-corrected chi connectivity index (χ3v) is 10.7. The maximum atomic E-state index is 13.4. The summed E-state index contributed by atoms with van der Waals surface area (Å²) in [6, 6.07) is 19.8. The minimum Gasteiger partial charge on any atom is -0.412 e. The Morgan fingerprint density at radius 3 is 1.84 bits per heavy atom. The van der Waals surface area contributed by atoms with Gasteiger partial charge in [0.15, 0.2) is 8.32 Å². The van der Waals surface area contributed by atoms with E-state index in [1.807, 2.05) is 48.5 Å². The maximum absolute atomic E-state index is 13.4. The molecule has 0 heterocycles. The molecule has 0 saturated carbocycles. The van der Waals surface area contributed by atoms with Gasteiger partial charge in [-0.25, -0.2) is 0 Å². The van der Waals surface area contributed by atoms with Crippen LogP contribution in [0.1, 0.15) is 45.7 Å². The van der Waals surface area contributed by atoms with Gasteiger partial charge in [0.1, 0.15) is 6.04 Å². The van der Waals surface area contributed by atoms with Crippen molar-refractivity contribution in [3.8, 4) is 0 Å². The smallest absolute Gasteiger partial charge is 0.240 e. The average Bonchev–Trinajstić information content (AvgIpc) is 2.72. The zero-order valence-corrected chi connectivity index (χ0v) is 21.2. The molecule has 2 aromatic carbocycles. The highest BCUT2D eigenvalue weighted by atomic mass is 28.4. The molecule has 170 valence electrons. The van der Waals surface area contributed by atoms with Crippen LogP contribution in [0.25, 0.3) is 0 Å². The van der Waals surface area contributed by atoms with Crippen LogP contribution in [0, 0.1) is 5.92 Å². The summed E-state index contributed by atoms with van der Waals surface area (Å²) in [4.78, 5) is 13.4. The lowest BCUT2D eigenvalue weighted by molar-refractivity contribution is -0.126. The van der Waals surface area contributed by atoms with Crippen LogP contribution in [0.3, 0.4) is 0 Å². The van der Waals surface area contributed by atoms with Gasteiger partial charge >= 0.3 is 0 Å². The van der Waals surface area contributed by atoms with Crippen molar-refractivity contribution < 1.29 is 9.22 Å². The molecule has 31 heavy (non-hydrogen) atoms. The van der Waals surface area contributed by atoms with Gasteiger partial charge < -0.3 is 9.74 Å². The molecule has 0 spiro atoms. The molecule has 0 aliphatic heterocycles. The van der Waals surface area contributed by atoms with Gasteiger partial charge in [-0.1, -0.05) is 95.3 Å². The summed E-state index contributed by atoms with van der Waals surface area (Å²) in [6.07, 6.45) is -0.208. The quantitative estimate of drug-likeness (QED) is 0.479. The van der Waals surface area contributed by atoms with Gasteiger partial charge in [0.2, 0.25) is 5.91 Å². The molecule has 4 nitrogen and oxygen atoms in total. The van der Waals surface area contributed by atoms with Gasteiger partial charge in [0.25, 0.3) is 0 Å². The Morgan fingerprint density at radius 1 is 0.903 bits per heavy atom. The normalized spacial score (nSPS) is 14.3. The molecule has 0 aliphatic rings. The van der Waals surface area contributed by atoms with E-state index < -0.39 is 14.4 Å². The zero-order valence-electron chi connectivity index (χ0n) is 20.2. The van der Waals surface area contributed by atoms with Crippen molar-refractivity contribution in [1.29, 1.82) is 0 Å². The second-order valence-corrected chi connectivity index (χ2v) is 14.9. The number of amides is 1. The van der Waals surface area contributed by atoms with E-state index in [0.29, 0.717) is 13.1 Å². The average molecular weight is 441 g/mol. The SMILES string of the molecule is CC(C)[C@H](O[Si](C)(C)C(C)(C)C)[C@H](NCc1ccccc1)C(=O)NCc1ccccc1. The van der Waals surface area contributed by atoms with Gasteiger partial charge in [-0.2, -0.15) is 0 Å². The van der Waals surface area contributed by atoms with E-state index in [1.54, 1.807) is 0 Å². The van der Waals surface area contributed by atoms with Crippen molar-refractivity contribution in [3.63, 3.8) is 0 Å². The Bertz CT molecular complexity index is 801. The van der Waals surface area contributed by atoms with Gasteiger partial charge in [0, 0.05) is 13.1 Å². The summed E-state index contributed by atoms with van der Waals surface area (Å²) >= 11 is 0. The summed E-state index contributed by atoms with van der Waals surface area (Å²) < 4.78 is 6.80. The fraction of sp³-hybridized carbons (Fsp3) is 0.500. The van der Waals surface area contributed by atoms with Crippen molar-refractivity contribution in [2.24, 2.45) is 5.92 Å². The predicted molar refractivity (Wildman–Crippen MR) is 132 cm³/mol. The molecule has 0 fully saturated rings. The second-order valence-electron chi connectivity index (χ2n) is 10.1. The Morgan fingerprint density at radius 2 is 1.39 bits per heavy atom. The third kappa shape index (κ3) is 7.60. The van der Waals surface area contributed by atoms with E-state index in [0.717, 1.165) is 11.1 Å². The molecule has 0 bridgehead atoms. The molecule has 2 aromatic rings. The molecule has 2 atom stereocenters. The number of rotatable bonds is 10. The topological polar surface area (TPSA) is 50.4 Å². The minimum absolute atomic E-state index is 0.0165. The molecular weight excluding hydrogens is 400 g/mol. The Hall–Kier alpha value is -1.95. The summed E-state index contributed by atoms with van der Waals surface area (Å²) in [7, 11) is -2.05. The van der Waals surface area contributed by atoms with E-state index in [-0.39, 0.29) is 23.0 Å². The molecule has 0 aliphatic carbocycles. The first-order chi connectivity index (χ1) is 14.5. The highest BCUT2D eigenvalue weighted by molar-refractivity contribution is 6.74. The lowest BCUT2D eigenvalue weighted by Crippen LogP contribution is -2.57. The van der Waals surface area contributed by atoms with Gasteiger partial charge in [0.05, 0.1) is 6.10 Å². The summed E-state index contributed by atoms with van der Waals surface area (Å²) in [6.45, 7) is 16.6. The van der Waals surface area contributed by atoms with Crippen molar-refractivity contribution >= 4 is 14.2 Å². The molecule has 1 amide bonds. The number of carbonyl (C=O) groups is 1. The Balaban J connectivity index is 2.22. The van der Waals surface area contributed by atoms with E-state index in [4.69, 9.17) is 4.43 Å². The van der Waals surface area contributed by atoms with Crippen LogP contribution in [-0.2, 0) is 22.3 Å². The lowest BCUT2D eigenvalue weighted by Gasteiger charge is -2.42. The molecule has 2 rings (SSSR count). The van der Waals surface area contributed by atoms with Crippen LogP contribution < -0.4 is 10.6 Å². The molecule has 2 N–H and O–H groups in total. The molecular formula is C26H40N2O2Si. The van der Waals surface area contributed by atoms with E-state index in [1.165, 1.54) is 0 Å². The predicted octanol–water partition coefficient (Wildman–Crippen LogP) is 5.51. The number of nitrogens with one attached hydrogen (secondary N) is 2. The number of hydrogen-bond donors (Lipinski definition) is 2. The van der Waals surface area contributed by atoms with Crippen LogP contribution in [0.4, 0.5) is 0 Å². The molecule has 0 saturated heterocycles. The zero-order chi connectivity index (χ0) is 23.1. The molecule has 0 radical (unpaired) electrons. The van der Waals surface area contributed by atoms with Crippen LogP contribution in [0.15, 0.2) is 60.7 Å². The van der Waals surface area contributed by atoms with Crippen molar-refractivity contribution in [1.82, 2.24) is 10.6 Å². The third-order valence-electron chi connectivity index (χ3n) is 6.18. The monoisotopic (exact) mass is 440 g/mol. The van der Waals surface area contributed by atoms with Gasteiger partial charge in [-0.3, -0.25) is 10.1 Å². The fourth-order valence-corrected chi connectivity index (χ4v) is 4.62. The van der Waals surface area contributed by atoms with Gasteiger partial charge in [-0.05, 0) is 35.2 Å². The molecule has 5 heteroatoms. The molecule has 0 aromatic heterocycles. The number of hydrogen-bond acceptors (Lipinski definition) is 3. The molecule has 0 unspecified atom stereocenters. The Kier molecular flexibility index (Phi) is 9.04. The first kappa shape index (κ1) is 25.3. The maximum Gasteiger partial charge on any atom is 0.240 e. The summed E-state index contributed by atoms with van der Waals surface area (Å²) in [5.74, 6) is 0.182. The van der Waals surface area contributed by atoms with Crippen LogP contribution in [0.5, 0.6) is 0 Å². The summed E-state index contributed by atoms with van der Waals surface area (Å²) in [5.41, 5.74) is 2.24. The Labute approximate surface area is 189 Å². The van der Waals surface area contributed by atoms with Crippen LogP contribution in [0.2, 0.25) is 18.1 Å². The second kappa shape index (κ2) is 11.1. The standard InChI is InChI=1S/C26H40N2O2Si/c1-20(2)24(30-31(6,7)26(3,4)5)23(27-18-21-14-10-8-11-15-21)25(29)28-19-22-16-12-9-13-17-22/h8-17,20,23-24,27H,18-19H2,1-7H3,(H,28,29)/t23-,24-/m0/s1.